The summed E-state index contributed by atoms with van der Waals surface area (Å²) in [6.45, 7) is 6.89. The fourth-order valence-electron chi connectivity index (χ4n) is 5.27. The number of piperidine rings is 1. The summed E-state index contributed by atoms with van der Waals surface area (Å²) < 4.78 is 31.1. The Balaban J connectivity index is 1.75. The van der Waals surface area contributed by atoms with Gasteiger partial charge in [-0.1, -0.05) is 24.0 Å². The lowest BCUT2D eigenvalue weighted by molar-refractivity contribution is -0.148. The number of pyridine rings is 1. The molecular formula is C25H30N4O6S3. The Morgan fingerprint density at radius 3 is 2.47 bits per heavy atom. The number of rotatable bonds is 6. The van der Waals surface area contributed by atoms with E-state index in [9.17, 15) is 28.1 Å². The summed E-state index contributed by atoms with van der Waals surface area (Å²) in [5.41, 5.74) is 0.618. The normalized spacial score (nSPS) is 22.8. The molecule has 0 aromatic carbocycles. The minimum atomic E-state index is -3.22. The summed E-state index contributed by atoms with van der Waals surface area (Å²) in [6.07, 6.45) is 3.10. The summed E-state index contributed by atoms with van der Waals surface area (Å²) in [5.74, 6) is -0.340. The lowest BCUT2D eigenvalue weighted by atomic mass is 9.95. The number of thioether (sulfide) groups is 1. The molecule has 0 aliphatic carbocycles. The van der Waals surface area contributed by atoms with Gasteiger partial charge in [-0.3, -0.25) is 23.9 Å². The summed E-state index contributed by atoms with van der Waals surface area (Å²) in [7, 11) is -3.22. The molecule has 204 valence electrons. The van der Waals surface area contributed by atoms with Gasteiger partial charge in [-0.15, -0.1) is 0 Å². The zero-order valence-electron chi connectivity index (χ0n) is 21.6. The van der Waals surface area contributed by atoms with Crippen molar-refractivity contribution >= 4 is 61.9 Å². The molecule has 1 unspecified atom stereocenters. The largest absolute Gasteiger partial charge is 0.466 e. The minimum absolute atomic E-state index is 0.000578. The van der Waals surface area contributed by atoms with Crippen LogP contribution in [0.25, 0.3) is 6.08 Å². The van der Waals surface area contributed by atoms with E-state index < -0.39 is 21.4 Å². The zero-order chi connectivity index (χ0) is 27.8. The smallest absolute Gasteiger partial charge is 0.309 e. The van der Waals surface area contributed by atoms with Crippen LogP contribution in [0.5, 0.6) is 0 Å². The van der Waals surface area contributed by atoms with E-state index in [1.165, 1.54) is 9.47 Å². The molecule has 0 N–H and O–H groups in total. The van der Waals surface area contributed by atoms with E-state index in [0.29, 0.717) is 71.7 Å². The van der Waals surface area contributed by atoms with Crippen LogP contribution in [0.15, 0.2) is 9.70 Å². The lowest BCUT2D eigenvalue weighted by Crippen LogP contribution is -2.41. The molecule has 38 heavy (non-hydrogen) atoms. The number of hydrogen-bond acceptors (Lipinski definition) is 10. The summed E-state index contributed by atoms with van der Waals surface area (Å²) in [4.78, 5) is 42.6. The second-order valence-electron chi connectivity index (χ2n) is 9.52. The Labute approximate surface area is 231 Å². The average Bonchev–Trinajstić information content (AvgIpc) is 3.37. The van der Waals surface area contributed by atoms with E-state index in [4.69, 9.17) is 17.0 Å². The summed E-state index contributed by atoms with van der Waals surface area (Å²) in [6, 6.07) is 1.52. The highest BCUT2D eigenvalue weighted by Crippen LogP contribution is 2.39. The van der Waals surface area contributed by atoms with Crippen molar-refractivity contribution in [1.82, 2.24) is 9.47 Å². The number of anilines is 1. The zero-order valence-corrected chi connectivity index (χ0v) is 24.0. The molecule has 1 atom stereocenters. The van der Waals surface area contributed by atoms with Gasteiger partial charge in [-0.25, -0.2) is 8.42 Å². The number of nitrogens with zero attached hydrogens (tertiary/aromatic N) is 4. The molecule has 3 fully saturated rings. The van der Waals surface area contributed by atoms with Crippen LogP contribution in [0.1, 0.15) is 49.8 Å². The van der Waals surface area contributed by atoms with Gasteiger partial charge in [0.2, 0.25) is 0 Å². The van der Waals surface area contributed by atoms with Crippen LogP contribution in [-0.4, -0.2) is 71.3 Å². The Hall–Kier alpha value is -2.69. The topological polar surface area (TPSA) is 130 Å². The van der Waals surface area contributed by atoms with Crippen LogP contribution >= 0.6 is 24.0 Å². The molecule has 4 rings (SSSR count). The fourth-order valence-corrected chi connectivity index (χ4v) is 8.35. The molecular weight excluding hydrogens is 548 g/mol. The van der Waals surface area contributed by atoms with Gasteiger partial charge >= 0.3 is 5.97 Å². The molecule has 4 heterocycles. The van der Waals surface area contributed by atoms with Gasteiger partial charge in [-0.2, -0.15) is 5.26 Å². The predicted molar refractivity (Wildman–Crippen MR) is 149 cm³/mol. The first-order valence-corrected chi connectivity index (χ1v) is 15.6. The Morgan fingerprint density at radius 1 is 1.24 bits per heavy atom. The number of nitriles is 1. The maximum atomic E-state index is 13.4. The van der Waals surface area contributed by atoms with Gasteiger partial charge in [0.05, 0.1) is 35.0 Å². The quantitative estimate of drug-likeness (QED) is 0.281. The highest BCUT2D eigenvalue weighted by atomic mass is 32.2. The van der Waals surface area contributed by atoms with Gasteiger partial charge in [-0.05, 0) is 51.7 Å². The van der Waals surface area contributed by atoms with Crippen LogP contribution in [0, 0.1) is 24.2 Å². The molecule has 3 saturated heterocycles. The molecule has 3 aliphatic heterocycles. The van der Waals surface area contributed by atoms with Gasteiger partial charge in [0.1, 0.15) is 21.8 Å². The van der Waals surface area contributed by atoms with Crippen LogP contribution in [0.2, 0.25) is 0 Å². The number of sulfone groups is 1. The Kier molecular flexibility index (Phi) is 8.34. The summed E-state index contributed by atoms with van der Waals surface area (Å²) >= 11 is 6.55. The van der Waals surface area contributed by atoms with E-state index in [0.717, 1.165) is 11.8 Å². The number of amides is 1. The molecule has 1 aromatic rings. The predicted octanol–water partition coefficient (Wildman–Crippen LogP) is 2.22. The Bertz CT molecular complexity index is 1420. The monoisotopic (exact) mass is 578 g/mol. The number of esters is 1. The van der Waals surface area contributed by atoms with Crippen LogP contribution < -0.4 is 10.5 Å². The maximum Gasteiger partial charge on any atom is 0.309 e. The molecule has 10 nitrogen and oxygen atoms in total. The van der Waals surface area contributed by atoms with E-state index in [1.807, 2.05) is 17.9 Å². The molecule has 1 aromatic heterocycles. The first-order chi connectivity index (χ1) is 18.0. The van der Waals surface area contributed by atoms with Crippen molar-refractivity contribution in [3.63, 3.8) is 0 Å². The van der Waals surface area contributed by atoms with Gasteiger partial charge in [0, 0.05) is 25.2 Å². The van der Waals surface area contributed by atoms with Crippen molar-refractivity contribution in [2.75, 3.05) is 36.1 Å². The lowest BCUT2D eigenvalue weighted by Gasteiger charge is -2.35. The third-order valence-electron chi connectivity index (χ3n) is 7.25. The van der Waals surface area contributed by atoms with Crippen molar-refractivity contribution < 1.29 is 22.7 Å². The second-order valence-corrected chi connectivity index (χ2v) is 13.4. The van der Waals surface area contributed by atoms with Crippen molar-refractivity contribution in [3.05, 3.63) is 31.9 Å². The number of carbonyl (C=O) groups is 2. The SMILES string of the molecule is CCOC(=O)C1CCN(c2c(/C=C3/SC(=S)N(C4CCS(=O)(=O)C4)C3=O)c(C)c(C#N)c(=O)n2CC)CC1. The van der Waals surface area contributed by atoms with Crippen molar-refractivity contribution in [2.45, 2.75) is 52.6 Å². The number of thiocarbonyl (C=S) groups is 1. The number of hydrogen-bond donors (Lipinski definition) is 0. The molecule has 0 spiro atoms. The molecule has 0 radical (unpaired) electrons. The number of ether oxygens (including phenoxy) is 1. The first kappa shape index (κ1) is 28.3. The van der Waals surface area contributed by atoms with Gasteiger partial charge < -0.3 is 9.64 Å². The number of aromatic nitrogens is 1. The van der Waals surface area contributed by atoms with E-state index in [2.05, 4.69) is 0 Å². The highest BCUT2D eigenvalue weighted by Gasteiger charge is 2.42. The number of carbonyl (C=O) groups excluding carboxylic acids is 2. The Morgan fingerprint density at radius 2 is 1.92 bits per heavy atom. The fraction of sp³-hybridized carbons (Fsp3) is 0.560. The molecule has 3 aliphatic rings. The maximum absolute atomic E-state index is 13.4. The van der Waals surface area contributed by atoms with Crippen molar-refractivity contribution in [1.29, 1.82) is 5.26 Å². The van der Waals surface area contributed by atoms with Crippen molar-refractivity contribution in [2.24, 2.45) is 5.92 Å². The van der Waals surface area contributed by atoms with E-state index in [-0.39, 0.29) is 34.9 Å². The highest BCUT2D eigenvalue weighted by molar-refractivity contribution is 8.26. The molecule has 1 amide bonds. The van der Waals surface area contributed by atoms with E-state index >= 15 is 0 Å². The van der Waals surface area contributed by atoms with Crippen LogP contribution in [0.4, 0.5) is 5.82 Å². The molecule has 0 saturated carbocycles. The first-order valence-electron chi connectivity index (χ1n) is 12.6. The van der Waals surface area contributed by atoms with Gasteiger partial charge in [0.15, 0.2) is 9.84 Å². The average molecular weight is 579 g/mol. The molecule has 0 bridgehead atoms. The minimum Gasteiger partial charge on any atom is -0.466 e. The van der Waals surface area contributed by atoms with Crippen LogP contribution in [-0.2, 0) is 30.7 Å². The third kappa shape index (κ3) is 5.26. The third-order valence-corrected chi connectivity index (χ3v) is 10.3. The second kappa shape index (κ2) is 11.2. The van der Waals surface area contributed by atoms with Crippen molar-refractivity contribution in [3.8, 4) is 6.07 Å². The molecule has 13 heteroatoms. The van der Waals surface area contributed by atoms with Crippen LogP contribution in [0.3, 0.4) is 0 Å². The van der Waals surface area contributed by atoms with E-state index in [1.54, 1.807) is 19.9 Å². The standard InChI is InChI=1S/C25H30N4O6S3/c1-4-28-21(27-9-6-16(7-10-27)24(32)35-5-2)18(15(3)19(13-26)22(28)30)12-20-23(31)29(25(36)37-20)17-8-11-38(33,34)14-17/h12,16-17H,4-11,14H2,1-3H3/b20-12+. The summed E-state index contributed by atoms with van der Waals surface area (Å²) in [5, 5.41) is 9.77. The van der Waals surface area contributed by atoms with Gasteiger partial charge in [0.25, 0.3) is 11.5 Å².